The molecule has 1 atom stereocenters. The number of H-pyrrole nitrogens is 1. The predicted octanol–water partition coefficient (Wildman–Crippen LogP) is 2.79. The zero-order valence-electron chi connectivity index (χ0n) is 13.6. The Morgan fingerprint density at radius 3 is 3.00 bits per heavy atom. The summed E-state index contributed by atoms with van der Waals surface area (Å²) in [5, 5.41) is 10.1. The minimum absolute atomic E-state index is 0.0515. The maximum absolute atomic E-state index is 11.3. The third kappa shape index (κ3) is 4.20. The van der Waals surface area contributed by atoms with E-state index in [1.54, 1.807) is 6.20 Å². The lowest BCUT2D eigenvalue weighted by Gasteiger charge is -2.32. The van der Waals surface area contributed by atoms with Crippen molar-refractivity contribution < 1.29 is 4.79 Å². The molecule has 2 heterocycles. The third-order valence-corrected chi connectivity index (χ3v) is 4.45. The quantitative estimate of drug-likeness (QED) is 0.892. The zero-order valence-corrected chi connectivity index (χ0v) is 13.6. The zero-order chi connectivity index (χ0) is 16.1. The summed E-state index contributed by atoms with van der Waals surface area (Å²) < 4.78 is 0. The molecule has 1 saturated heterocycles. The van der Waals surface area contributed by atoms with Crippen molar-refractivity contribution in [3.63, 3.8) is 0 Å². The van der Waals surface area contributed by atoms with Gasteiger partial charge in [0, 0.05) is 25.9 Å². The van der Waals surface area contributed by atoms with E-state index in [1.807, 2.05) is 0 Å². The minimum atomic E-state index is -0.0515. The van der Waals surface area contributed by atoms with E-state index in [9.17, 15) is 4.79 Å². The maximum atomic E-state index is 11.3. The van der Waals surface area contributed by atoms with Gasteiger partial charge in [0.15, 0.2) is 0 Å². The SMILES string of the molecule is CC(=O)Nc1cn[nH]c1C1CCCN(CCc2ccccc2)C1. The molecule has 1 aromatic carbocycles. The van der Waals surface area contributed by atoms with Gasteiger partial charge < -0.3 is 10.2 Å². The Balaban J connectivity index is 1.60. The van der Waals surface area contributed by atoms with E-state index >= 15 is 0 Å². The molecule has 3 rings (SSSR count). The number of hydrogen-bond acceptors (Lipinski definition) is 3. The summed E-state index contributed by atoms with van der Waals surface area (Å²) in [4.78, 5) is 13.8. The largest absolute Gasteiger partial charge is 0.323 e. The van der Waals surface area contributed by atoms with Crippen molar-refractivity contribution in [2.75, 3.05) is 25.0 Å². The van der Waals surface area contributed by atoms with Gasteiger partial charge in [-0.1, -0.05) is 30.3 Å². The summed E-state index contributed by atoms with van der Waals surface area (Å²) in [6.45, 7) is 4.77. The molecule has 1 amide bonds. The normalized spacial score (nSPS) is 18.7. The lowest BCUT2D eigenvalue weighted by molar-refractivity contribution is -0.114. The fourth-order valence-corrected chi connectivity index (χ4v) is 3.32. The molecule has 5 nitrogen and oxygen atoms in total. The Labute approximate surface area is 137 Å². The van der Waals surface area contributed by atoms with Crippen LogP contribution in [0.1, 0.15) is 36.9 Å². The number of piperidine rings is 1. The molecule has 2 aromatic rings. The molecule has 1 fully saturated rings. The Morgan fingerprint density at radius 1 is 1.39 bits per heavy atom. The standard InChI is InChI=1S/C18H24N4O/c1-14(23)20-17-12-19-21-18(17)16-8-5-10-22(13-16)11-9-15-6-3-2-4-7-15/h2-4,6-7,12,16H,5,8-11,13H2,1H3,(H,19,21)(H,20,23). The fourth-order valence-electron chi connectivity index (χ4n) is 3.32. The number of aromatic nitrogens is 2. The van der Waals surface area contributed by atoms with Crippen molar-refractivity contribution in [2.45, 2.75) is 32.1 Å². The molecule has 0 saturated carbocycles. The highest BCUT2D eigenvalue weighted by molar-refractivity contribution is 5.89. The van der Waals surface area contributed by atoms with Crippen LogP contribution in [0.3, 0.4) is 0 Å². The van der Waals surface area contributed by atoms with Gasteiger partial charge in [-0.2, -0.15) is 5.10 Å². The highest BCUT2D eigenvalue weighted by atomic mass is 16.1. The molecule has 1 aliphatic heterocycles. The molecule has 122 valence electrons. The first-order valence-corrected chi connectivity index (χ1v) is 8.29. The van der Waals surface area contributed by atoms with Gasteiger partial charge in [-0.15, -0.1) is 0 Å². The monoisotopic (exact) mass is 312 g/mol. The van der Waals surface area contributed by atoms with Gasteiger partial charge in [-0.3, -0.25) is 9.89 Å². The van der Waals surface area contributed by atoms with E-state index in [4.69, 9.17) is 0 Å². The number of nitrogens with one attached hydrogen (secondary N) is 2. The average Bonchev–Trinajstić information content (AvgIpc) is 3.01. The fraction of sp³-hybridized carbons (Fsp3) is 0.444. The molecule has 0 aliphatic carbocycles. The molecule has 1 aromatic heterocycles. The molecule has 1 unspecified atom stereocenters. The third-order valence-electron chi connectivity index (χ3n) is 4.45. The average molecular weight is 312 g/mol. The Kier molecular flexibility index (Phi) is 5.08. The van der Waals surface area contributed by atoms with Crippen LogP contribution in [0.5, 0.6) is 0 Å². The second-order valence-electron chi connectivity index (χ2n) is 6.25. The van der Waals surface area contributed by atoms with Crippen LogP contribution in [0, 0.1) is 0 Å². The number of nitrogens with zero attached hydrogens (tertiary/aromatic N) is 2. The summed E-state index contributed by atoms with van der Waals surface area (Å²) in [7, 11) is 0. The van der Waals surface area contributed by atoms with E-state index < -0.39 is 0 Å². The van der Waals surface area contributed by atoms with Gasteiger partial charge in [0.25, 0.3) is 0 Å². The van der Waals surface area contributed by atoms with Gasteiger partial charge in [0.2, 0.25) is 5.91 Å². The number of likely N-dealkylation sites (tertiary alicyclic amines) is 1. The van der Waals surface area contributed by atoms with Gasteiger partial charge in [-0.25, -0.2) is 0 Å². The van der Waals surface area contributed by atoms with Crippen molar-refractivity contribution in [2.24, 2.45) is 0 Å². The lowest BCUT2D eigenvalue weighted by atomic mass is 9.93. The smallest absolute Gasteiger partial charge is 0.221 e. The van der Waals surface area contributed by atoms with Gasteiger partial charge in [0.05, 0.1) is 17.6 Å². The number of amides is 1. The molecule has 2 N–H and O–H groups in total. The van der Waals surface area contributed by atoms with E-state index in [2.05, 4.69) is 50.7 Å². The molecule has 0 radical (unpaired) electrons. The molecular formula is C18H24N4O. The van der Waals surface area contributed by atoms with E-state index in [-0.39, 0.29) is 5.91 Å². The van der Waals surface area contributed by atoms with Crippen LogP contribution in [0.4, 0.5) is 5.69 Å². The number of rotatable bonds is 5. The first-order chi connectivity index (χ1) is 11.2. The Morgan fingerprint density at radius 2 is 2.22 bits per heavy atom. The van der Waals surface area contributed by atoms with Crippen molar-refractivity contribution in [1.82, 2.24) is 15.1 Å². The number of anilines is 1. The number of benzene rings is 1. The van der Waals surface area contributed by atoms with Crippen molar-refractivity contribution >= 4 is 11.6 Å². The second-order valence-corrected chi connectivity index (χ2v) is 6.25. The summed E-state index contributed by atoms with van der Waals surface area (Å²) >= 11 is 0. The van der Waals surface area contributed by atoms with E-state index in [0.717, 1.165) is 43.9 Å². The number of hydrogen-bond donors (Lipinski definition) is 2. The van der Waals surface area contributed by atoms with Crippen molar-refractivity contribution in [1.29, 1.82) is 0 Å². The molecule has 0 spiro atoms. The second kappa shape index (κ2) is 7.42. The minimum Gasteiger partial charge on any atom is -0.323 e. The predicted molar refractivity (Wildman–Crippen MR) is 91.5 cm³/mol. The first kappa shape index (κ1) is 15.7. The highest BCUT2D eigenvalue weighted by Crippen LogP contribution is 2.30. The Bertz CT molecular complexity index is 637. The lowest BCUT2D eigenvalue weighted by Crippen LogP contribution is -2.36. The molecule has 0 bridgehead atoms. The highest BCUT2D eigenvalue weighted by Gasteiger charge is 2.24. The maximum Gasteiger partial charge on any atom is 0.221 e. The van der Waals surface area contributed by atoms with Gasteiger partial charge in [-0.05, 0) is 31.4 Å². The Hall–Kier alpha value is -2.14. The number of carbonyl (C=O) groups excluding carboxylic acids is 1. The topological polar surface area (TPSA) is 61.0 Å². The van der Waals surface area contributed by atoms with Crippen LogP contribution < -0.4 is 5.32 Å². The molecule has 5 heteroatoms. The summed E-state index contributed by atoms with van der Waals surface area (Å²) in [6.07, 6.45) is 5.10. The van der Waals surface area contributed by atoms with Crippen LogP contribution >= 0.6 is 0 Å². The van der Waals surface area contributed by atoms with Gasteiger partial charge in [0.1, 0.15) is 0 Å². The summed E-state index contributed by atoms with van der Waals surface area (Å²) in [6, 6.07) is 10.6. The first-order valence-electron chi connectivity index (χ1n) is 8.29. The van der Waals surface area contributed by atoms with Crippen LogP contribution in [0.15, 0.2) is 36.5 Å². The van der Waals surface area contributed by atoms with E-state index in [0.29, 0.717) is 5.92 Å². The van der Waals surface area contributed by atoms with Crippen molar-refractivity contribution in [3.05, 3.63) is 47.8 Å². The summed E-state index contributed by atoms with van der Waals surface area (Å²) in [5.74, 6) is 0.355. The molecule has 1 aliphatic rings. The van der Waals surface area contributed by atoms with E-state index in [1.165, 1.54) is 18.9 Å². The van der Waals surface area contributed by atoms with Gasteiger partial charge >= 0.3 is 0 Å². The number of aromatic amines is 1. The molecule has 23 heavy (non-hydrogen) atoms. The van der Waals surface area contributed by atoms with Crippen LogP contribution in [0.25, 0.3) is 0 Å². The summed E-state index contributed by atoms with van der Waals surface area (Å²) in [5.41, 5.74) is 3.27. The van der Waals surface area contributed by atoms with Crippen LogP contribution in [0.2, 0.25) is 0 Å². The van der Waals surface area contributed by atoms with Crippen LogP contribution in [-0.4, -0.2) is 40.6 Å². The number of carbonyl (C=O) groups is 1. The van der Waals surface area contributed by atoms with Crippen LogP contribution in [-0.2, 0) is 11.2 Å². The molecular weight excluding hydrogens is 288 g/mol. The van der Waals surface area contributed by atoms with Crippen molar-refractivity contribution in [3.8, 4) is 0 Å².